The van der Waals surface area contributed by atoms with Crippen molar-refractivity contribution in [3.63, 3.8) is 0 Å². The molecule has 0 saturated carbocycles. The highest BCUT2D eigenvalue weighted by atomic mass is 16.5. The van der Waals surface area contributed by atoms with Gasteiger partial charge in [0.2, 0.25) is 5.56 Å². The molecule has 0 unspecified atom stereocenters. The molecule has 1 amide bonds. The molecule has 0 saturated heterocycles. The Balaban J connectivity index is 2.36. The molecule has 0 aliphatic rings. The summed E-state index contributed by atoms with van der Waals surface area (Å²) in [4.78, 5) is 29.1. The molecule has 25 heavy (non-hydrogen) atoms. The highest BCUT2D eigenvalue weighted by Gasteiger charge is 2.22. The Hall–Kier alpha value is -2.41. The van der Waals surface area contributed by atoms with Gasteiger partial charge in [0.25, 0.3) is 5.91 Å². The third kappa shape index (κ3) is 4.17. The average molecular weight is 346 g/mol. The van der Waals surface area contributed by atoms with Crippen LogP contribution in [-0.2, 0) is 24.8 Å². The Morgan fingerprint density at radius 3 is 2.64 bits per heavy atom. The first kappa shape index (κ1) is 18.9. The Kier molecular flexibility index (Phi) is 6.14. The summed E-state index contributed by atoms with van der Waals surface area (Å²) >= 11 is 0. The molecule has 136 valence electrons. The number of carbonyl (C=O) groups excluding carboxylic acids is 1. The van der Waals surface area contributed by atoms with Gasteiger partial charge in [-0.05, 0) is 26.3 Å². The van der Waals surface area contributed by atoms with Gasteiger partial charge in [-0.1, -0.05) is 6.92 Å². The number of nitrogens with one attached hydrogen (secondary N) is 1. The summed E-state index contributed by atoms with van der Waals surface area (Å²) in [6, 6.07) is 2.99. The van der Waals surface area contributed by atoms with E-state index in [0.29, 0.717) is 37.4 Å². The molecule has 0 fully saturated rings. The zero-order valence-corrected chi connectivity index (χ0v) is 15.5. The van der Waals surface area contributed by atoms with Gasteiger partial charge < -0.3 is 14.6 Å². The first-order valence-electron chi connectivity index (χ1n) is 8.38. The molecule has 0 aromatic carbocycles. The number of rotatable bonds is 7. The van der Waals surface area contributed by atoms with Crippen LogP contribution in [0.15, 0.2) is 16.9 Å². The van der Waals surface area contributed by atoms with Gasteiger partial charge in [0.1, 0.15) is 0 Å². The molecule has 0 spiro atoms. The van der Waals surface area contributed by atoms with Crippen molar-refractivity contribution < 1.29 is 9.53 Å². The second-order valence-electron chi connectivity index (χ2n) is 6.06. The van der Waals surface area contributed by atoms with E-state index in [0.717, 1.165) is 17.0 Å². The van der Waals surface area contributed by atoms with E-state index >= 15 is 0 Å². The van der Waals surface area contributed by atoms with E-state index in [1.54, 1.807) is 18.1 Å². The van der Waals surface area contributed by atoms with E-state index in [2.05, 4.69) is 10.1 Å². The minimum absolute atomic E-state index is 0.118. The van der Waals surface area contributed by atoms with Crippen LogP contribution in [0.2, 0.25) is 0 Å². The van der Waals surface area contributed by atoms with Crippen LogP contribution in [-0.4, -0.2) is 45.8 Å². The van der Waals surface area contributed by atoms with Crippen LogP contribution in [0.1, 0.15) is 39.9 Å². The number of pyridine rings is 1. The number of methoxy groups -OCH3 is 1. The van der Waals surface area contributed by atoms with Gasteiger partial charge >= 0.3 is 0 Å². The van der Waals surface area contributed by atoms with Crippen LogP contribution < -0.4 is 5.56 Å². The van der Waals surface area contributed by atoms with Gasteiger partial charge in [0, 0.05) is 50.3 Å². The molecule has 2 aromatic rings. The van der Waals surface area contributed by atoms with Crippen molar-refractivity contribution in [2.24, 2.45) is 7.05 Å². The summed E-state index contributed by atoms with van der Waals surface area (Å²) in [5, 5.41) is 4.42. The van der Waals surface area contributed by atoms with Gasteiger partial charge in [0.15, 0.2) is 0 Å². The van der Waals surface area contributed by atoms with Gasteiger partial charge in [-0.3, -0.25) is 14.3 Å². The smallest absolute Gasteiger partial charge is 0.256 e. The lowest BCUT2D eigenvalue weighted by molar-refractivity contribution is 0.0678. The SMILES string of the molecule is CCc1[nH]c(=O)ccc1C(=O)N(CCOC)Cc1c(C)nn(C)c1C. The Bertz CT molecular complexity index is 807. The molecule has 2 heterocycles. The van der Waals surface area contributed by atoms with Crippen molar-refractivity contribution in [1.29, 1.82) is 0 Å². The van der Waals surface area contributed by atoms with Gasteiger partial charge in [-0.2, -0.15) is 5.10 Å². The maximum absolute atomic E-state index is 13.1. The fourth-order valence-corrected chi connectivity index (χ4v) is 2.86. The number of amides is 1. The second-order valence-corrected chi connectivity index (χ2v) is 6.06. The minimum Gasteiger partial charge on any atom is -0.383 e. The fourth-order valence-electron chi connectivity index (χ4n) is 2.86. The number of hydrogen-bond acceptors (Lipinski definition) is 4. The molecule has 0 aliphatic heterocycles. The third-order valence-electron chi connectivity index (χ3n) is 4.44. The average Bonchev–Trinajstić information content (AvgIpc) is 2.83. The number of aromatic nitrogens is 3. The van der Waals surface area contributed by atoms with Crippen molar-refractivity contribution in [2.75, 3.05) is 20.3 Å². The van der Waals surface area contributed by atoms with Crippen LogP contribution in [0.4, 0.5) is 0 Å². The predicted molar refractivity (Wildman–Crippen MR) is 95.7 cm³/mol. The van der Waals surface area contributed by atoms with E-state index in [-0.39, 0.29) is 11.5 Å². The zero-order valence-electron chi connectivity index (χ0n) is 15.5. The van der Waals surface area contributed by atoms with Crippen LogP contribution >= 0.6 is 0 Å². The minimum atomic E-state index is -0.198. The highest BCUT2D eigenvalue weighted by Crippen LogP contribution is 2.17. The number of aryl methyl sites for hydroxylation is 3. The molecule has 7 nitrogen and oxygen atoms in total. The summed E-state index contributed by atoms with van der Waals surface area (Å²) in [6.45, 7) is 7.21. The molecule has 2 rings (SSSR count). The quantitative estimate of drug-likeness (QED) is 0.825. The number of H-pyrrole nitrogens is 1. The first-order valence-corrected chi connectivity index (χ1v) is 8.38. The second kappa shape index (κ2) is 8.11. The molecule has 1 N–H and O–H groups in total. The lowest BCUT2D eigenvalue weighted by Crippen LogP contribution is -2.35. The van der Waals surface area contributed by atoms with Crippen LogP contribution in [0, 0.1) is 13.8 Å². The number of aromatic amines is 1. The van der Waals surface area contributed by atoms with Crippen molar-refractivity contribution in [3.05, 3.63) is 50.7 Å². The predicted octanol–water partition coefficient (Wildman–Crippen LogP) is 1.58. The van der Waals surface area contributed by atoms with E-state index < -0.39 is 0 Å². The lowest BCUT2D eigenvalue weighted by atomic mass is 10.1. The van der Waals surface area contributed by atoms with Crippen molar-refractivity contribution >= 4 is 5.91 Å². The molecule has 0 atom stereocenters. The number of carbonyl (C=O) groups is 1. The van der Waals surface area contributed by atoms with Crippen molar-refractivity contribution in [1.82, 2.24) is 19.7 Å². The Morgan fingerprint density at radius 1 is 1.36 bits per heavy atom. The molecular formula is C18H26N4O3. The monoisotopic (exact) mass is 346 g/mol. The van der Waals surface area contributed by atoms with Crippen LogP contribution in [0.3, 0.4) is 0 Å². The zero-order chi connectivity index (χ0) is 18.6. The van der Waals surface area contributed by atoms with E-state index in [1.807, 2.05) is 32.5 Å². The van der Waals surface area contributed by atoms with E-state index in [9.17, 15) is 9.59 Å². The summed E-state index contributed by atoms with van der Waals surface area (Å²) < 4.78 is 6.99. The van der Waals surface area contributed by atoms with Crippen LogP contribution in [0.25, 0.3) is 0 Å². The summed E-state index contributed by atoms with van der Waals surface area (Å²) in [6.07, 6.45) is 0.584. The maximum atomic E-state index is 13.1. The Morgan fingerprint density at radius 2 is 2.08 bits per heavy atom. The van der Waals surface area contributed by atoms with Gasteiger partial charge in [-0.15, -0.1) is 0 Å². The van der Waals surface area contributed by atoms with Crippen molar-refractivity contribution in [2.45, 2.75) is 33.7 Å². The molecule has 0 bridgehead atoms. The molecule has 0 aliphatic carbocycles. The summed E-state index contributed by atoms with van der Waals surface area (Å²) in [5.41, 5.74) is 3.96. The summed E-state index contributed by atoms with van der Waals surface area (Å²) in [7, 11) is 3.50. The number of nitrogens with zero attached hydrogens (tertiary/aromatic N) is 3. The first-order chi connectivity index (χ1) is 11.9. The van der Waals surface area contributed by atoms with Crippen LogP contribution in [0.5, 0.6) is 0 Å². The van der Waals surface area contributed by atoms with E-state index in [1.165, 1.54) is 6.07 Å². The molecule has 2 aromatic heterocycles. The normalized spacial score (nSPS) is 10.9. The van der Waals surface area contributed by atoms with Gasteiger partial charge in [0.05, 0.1) is 17.9 Å². The maximum Gasteiger partial charge on any atom is 0.256 e. The molecule has 0 radical (unpaired) electrons. The van der Waals surface area contributed by atoms with Gasteiger partial charge in [-0.25, -0.2) is 0 Å². The molecule has 7 heteroatoms. The third-order valence-corrected chi connectivity index (χ3v) is 4.44. The standard InChI is InChI=1S/C18H26N4O3/c1-6-16-14(7-8-17(23)19-16)18(24)22(9-10-25-5)11-15-12(2)20-21(4)13(15)3/h7-8H,6,9-11H2,1-5H3,(H,19,23). The Labute approximate surface area is 147 Å². The molecular weight excluding hydrogens is 320 g/mol. The lowest BCUT2D eigenvalue weighted by Gasteiger charge is -2.23. The topological polar surface area (TPSA) is 80.2 Å². The van der Waals surface area contributed by atoms with Crippen molar-refractivity contribution in [3.8, 4) is 0 Å². The number of ether oxygens (including phenoxy) is 1. The fraction of sp³-hybridized carbons (Fsp3) is 0.500. The summed E-state index contributed by atoms with van der Waals surface area (Å²) in [5.74, 6) is -0.118. The highest BCUT2D eigenvalue weighted by molar-refractivity contribution is 5.95. The largest absolute Gasteiger partial charge is 0.383 e. The number of hydrogen-bond donors (Lipinski definition) is 1. The van der Waals surface area contributed by atoms with E-state index in [4.69, 9.17) is 4.74 Å².